The van der Waals surface area contributed by atoms with E-state index in [1.54, 1.807) is 7.11 Å². The van der Waals surface area contributed by atoms with E-state index in [4.69, 9.17) is 4.74 Å². The lowest BCUT2D eigenvalue weighted by Gasteiger charge is -2.41. The van der Waals surface area contributed by atoms with E-state index in [2.05, 4.69) is 42.9 Å². The van der Waals surface area contributed by atoms with Crippen LogP contribution in [0.1, 0.15) is 37.6 Å². The molecular weight excluding hydrogens is 262 g/mol. The van der Waals surface area contributed by atoms with Crippen molar-refractivity contribution in [3.63, 3.8) is 0 Å². The van der Waals surface area contributed by atoms with E-state index in [-0.39, 0.29) is 0 Å². The molecule has 4 heteroatoms. The summed E-state index contributed by atoms with van der Waals surface area (Å²) in [6, 6.07) is 1.10. The molecule has 4 nitrogen and oxygen atoms in total. The number of pyridine rings is 1. The highest BCUT2D eigenvalue weighted by molar-refractivity contribution is 5.41. The highest BCUT2D eigenvalue weighted by Crippen LogP contribution is 2.26. The molecule has 0 spiro atoms. The van der Waals surface area contributed by atoms with Crippen molar-refractivity contribution in [2.45, 2.75) is 53.2 Å². The number of nitrogens with zero attached hydrogens (tertiary/aromatic N) is 2. The van der Waals surface area contributed by atoms with Gasteiger partial charge in [0.15, 0.2) is 0 Å². The molecule has 0 bridgehead atoms. The molecular formula is C17H29N3O. The summed E-state index contributed by atoms with van der Waals surface area (Å²) in [5, 5.41) is 3.59. The van der Waals surface area contributed by atoms with E-state index in [0.717, 1.165) is 36.6 Å². The molecule has 0 radical (unpaired) electrons. The Bertz CT molecular complexity index is 487. The maximum absolute atomic E-state index is 5.53. The van der Waals surface area contributed by atoms with Gasteiger partial charge in [-0.05, 0) is 26.7 Å². The summed E-state index contributed by atoms with van der Waals surface area (Å²) in [4.78, 5) is 7.22. The van der Waals surface area contributed by atoms with Crippen LogP contribution in [-0.4, -0.2) is 42.2 Å². The zero-order valence-electron chi connectivity index (χ0n) is 14.2. The molecule has 1 aliphatic rings. The Morgan fingerprint density at radius 3 is 2.76 bits per heavy atom. The van der Waals surface area contributed by atoms with Gasteiger partial charge >= 0.3 is 0 Å². The second-order valence-corrected chi connectivity index (χ2v) is 6.60. The van der Waals surface area contributed by atoms with Crippen molar-refractivity contribution >= 4 is 0 Å². The minimum Gasteiger partial charge on any atom is -0.496 e. The molecule has 1 aromatic heterocycles. The normalized spacial score (nSPS) is 23.6. The Morgan fingerprint density at radius 1 is 1.43 bits per heavy atom. The number of ether oxygens (including phenoxy) is 1. The summed E-state index contributed by atoms with van der Waals surface area (Å²) >= 11 is 0. The lowest BCUT2D eigenvalue weighted by Crippen LogP contribution is -2.56. The number of aryl methyl sites for hydroxylation is 1. The first-order valence-electron chi connectivity index (χ1n) is 7.90. The SMILES string of the molecule is COc1c(C)cnc(CN2CC(C)NCC2C(C)C)c1C. The predicted molar refractivity (Wildman–Crippen MR) is 86.8 cm³/mol. The molecule has 2 unspecified atom stereocenters. The van der Waals surface area contributed by atoms with Gasteiger partial charge in [0.2, 0.25) is 0 Å². The second kappa shape index (κ2) is 6.75. The van der Waals surface area contributed by atoms with Gasteiger partial charge in [0.1, 0.15) is 5.75 Å². The van der Waals surface area contributed by atoms with Gasteiger partial charge in [-0.25, -0.2) is 0 Å². The van der Waals surface area contributed by atoms with Crippen LogP contribution < -0.4 is 10.1 Å². The number of hydrogen-bond donors (Lipinski definition) is 1. The number of nitrogens with one attached hydrogen (secondary N) is 1. The molecule has 2 atom stereocenters. The lowest BCUT2D eigenvalue weighted by molar-refractivity contribution is 0.0940. The lowest BCUT2D eigenvalue weighted by atomic mass is 9.98. The van der Waals surface area contributed by atoms with Crippen molar-refractivity contribution in [2.75, 3.05) is 20.2 Å². The molecule has 0 aromatic carbocycles. The fourth-order valence-corrected chi connectivity index (χ4v) is 3.26. The highest BCUT2D eigenvalue weighted by atomic mass is 16.5. The molecule has 2 heterocycles. The average Bonchev–Trinajstić information content (AvgIpc) is 2.42. The van der Waals surface area contributed by atoms with Gasteiger partial charge in [-0.1, -0.05) is 13.8 Å². The molecule has 1 fully saturated rings. The minimum absolute atomic E-state index is 0.535. The van der Waals surface area contributed by atoms with Crippen molar-refractivity contribution in [3.8, 4) is 5.75 Å². The molecule has 118 valence electrons. The summed E-state index contributed by atoms with van der Waals surface area (Å²) < 4.78 is 5.53. The summed E-state index contributed by atoms with van der Waals surface area (Å²) in [6.45, 7) is 14.0. The highest BCUT2D eigenvalue weighted by Gasteiger charge is 2.28. The fourth-order valence-electron chi connectivity index (χ4n) is 3.26. The van der Waals surface area contributed by atoms with Crippen LogP contribution in [0.4, 0.5) is 0 Å². The number of hydrogen-bond acceptors (Lipinski definition) is 4. The van der Waals surface area contributed by atoms with Crippen molar-refractivity contribution in [1.29, 1.82) is 0 Å². The molecule has 0 amide bonds. The van der Waals surface area contributed by atoms with E-state index in [1.807, 2.05) is 13.1 Å². The standard InChI is InChI=1S/C17H29N3O/c1-11(2)16-8-18-13(4)9-20(16)10-15-14(5)17(21-6)12(3)7-19-15/h7,11,13,16,18H,8-10H2,1-6H3. The monoisotopic (exact) mass is 291 g/mol. The van der Waals surface area contributed by atoms with Crippen LogP contribution in [0.25, 0.3) is 0 Å². The number of rotatable bonds is 4. The summed E-state index contributed by atoms with van der Waals surface area (Å²) in [5.41, 5.74) is 3.41. The van der Waals surface area contributed by atoms with Crippen LogP contribution in [0.3, 0.4) is 0 Å². The van der Waals surface area contributed by atoms with Gasteiger partial charge < -0.3 is 10.1 Å². The third-order valence-electron chi connectivity index (χ3n) is 4.53. The third-order valence-corrected chi connectivity index (χ3v) is 4.53. The van der Waals surface area contributed by atoms with E-state index in [0.29, 0.717) is 18.0 Å². The molecule has 1 aliphatic heterocycles. The maximum Gasteiger partial charge on any atom is 0.128 e. The number of methoxy groups -OCH3 is 1. The Labute approximate surface area is 128 Å². The Kier molecular flexibility index (Phi) is 5.22. The zero-order valence-corrected chi connectivity index (χ0v) is 14.2. The van der Waals surface area contributed by atoms with Crippen LogP contribution in [0.5, 0.6) is 5.75 Å². The van der Waals surface area contributed by atoms with Crippen molar-refractivity contribution < 1.29 is 4.74 Å². The molecule has 2 rings (SSSR count). The van der Waals surface area contributed by atoms with Crippen molar-refractivity contribution in [1.82, 2.24) is 15.2 Å². The predicted octanol–water partition coefficient (Wildman–Crippen LogP) is 2.53. The molecule has 0 saturated carbocycles. The van der Waals surface area contributed by atoms with Crippen molar-refractivity contribution in [3.05, 3.63) is 23.0 Å². The minimum atomic E-state index is 0.535. The maximum atomic E-state index is 5.53. The molecule has 1 saturated heterocycles. The Balaban J connectivity index is 2.23. The van der Waals surface area contributed by atoms with Crippen LogP contribution in [-0.2, 0) is 6.54 Å². The number of piperazine rings is 1. The second-order valence-electron chi connectivity index (χ2n) is 6.60. The summed E-state index contributed by atoms with van der Waals surface area (Å²) in [6.07, 6.45) is 1.93. The number of aromatic nitrogens is 1. The van der Waals surface area contributed by atoms with Crippen molar-refractivity contribution in [2.24, 2.45) is 5.92 Å². The largest absolute Gasteiger partial charge is 0.496 e. The van der Waals surface area contributed by atoms with Crippen LogP contribution in [0, 0.1) is 19.8 Å². The summed E-state index contributed by atoms with van der Waals surface area (Å²) in [5.74, 6) is 1.61. The first-order valence-corrected chi connectivity index (χ1v) is 7.90. The zero-order chi connectivity index (χ0) is 15.6. The summed E-state index contributed by atoms with van der Waals surface area (Å²) in [7, 11) is 1.74. The molecule has 1 aromatic rings. The topological polar surface area (TPSA) is 37.4 Å². The molecule has 0 aliphatic carbocycles. The Hall–Kier alpha value is -1.13. The van der Waals surface area contributed by atoms with Gasteiger partial charge in [-0.15, -0.1) is 0 Å². The first-order chi connectivity index (χ1) is 9.93. The Morgan fingerprint density at radius 2 is 2.14 bits per heavy atom. The van der Waals surface area contributed by atoms with E-state index >= 15 is 0 Å². The van der Waals surface area contributed by atoms with Gasteiger partial charge in [-0.2, -0.15) is 0 Å². The van der Waals surface area contributed by atoms with Gasteiger partial charge in [0.25, 0.3) is 0 Å². The van der Waals surface area contributed by atoms with Gasteiger partial charge in [0, 0.05) is 49.0 Å². The van der Waals surface area contributed by atoms with Crippen LogP contribution in [0.15, 0.2) is 6.20 Å². The molecule has 21 heavy (non-hydrogen) atoms. The molecule has 1 N–H and O–H groups in total. The van der Waals surface area contributed by atoms with E-state index < -0.39 is 0 Å². The van der Waals surface area contributed by atoms with Crippen LogP contribution in [0.2, 0.25) is 0 Å². The van der Waals surface area contributed by atoms with Gasteiger partial charge in [0.05, 0.1) is 12.8 Å². The van der Waals surface area contributed by atoms with Crippen LogP contribution >= 0.6 is 0 Å². The smallest absolute Gasteiger partial charge is 0.128 e. The average molecular weight is 291 g/mol. The van der Waals surface area contributed by atoms with E-state index in [9.17, 15) is 0 Å². The first kappa shape index (κ1) is 16.2. The van der Waals surface area contributed by atoms with E-state index in [1.165, 1.54) is 5.56 Å². The quantitative estimate of drug-likeness (QED) is 0.925. The third kappa shape index (κ3) is 3.55. The fraction of sp³-hybridized carbons (Fsp3) is 0.706. The van der Waals surface area contributed by atoms with Gasteiger partial charge in [-0.3, -0.25) is 9.88 Å².